The fraction of sp³-hybridized carbons (Fsp3) is 0.545. The lowest BCUT2D eigenvalue weighted by atomic mass is 9.90. The first kappa shape index (κ1) is 10.8. The lowest BCUT2D eigenvalue weighted by molar-refractivity contribution is 0.112. The van der Waals surface area contributed by atoms with Crippen molar-refractivity contribution in [3.8, 4) is 0 Å². The van der Waals surface area contributed by atoms with Crippen molar-refractivity contribution in [3.63, 3.8) is 0 Å². The molecule has 0 spiro atoms. The Hall–Kier alpha value is -0.710. The summed E-state index contributed by atoms with van der Waals surface area (Å²) in [5.41, 5.74) is 5.93. The zero-order valence-electron chi connectivity index (χ0n) is 8.77. The van der Waals surface area contributed by atoms with Gasteiger partial charge in [-0.15, -0.1) is 11.3 Å². The third-order valence-corrected chi connectivity index (χ3v) is 4.17. The molecule has 3 nitrogen and oxygen atoms in total. The molecule has 2 rings (SSSR count). The first-order valence-electron chi connectivity index (χ1n) is 5.24. The van der Waals surface area contributed by atoms with Crippen LogP contribution < -0.4 is 11.1 Å². The summed E-state index contributed by atoms with van der Waals surface area (Å²) in [6.07, 6.45) is 1.96. The standard InChI is InChI=1S/C11H16N2OS/c1-7-4-10(13-5-9(7)12)11-3-2-8(6-14)15-11/h2-3,6-7,9-10,13H,4-5,12H2,1H3. The third-order valence-electron chi connectivity index (χ3n) is 3.05. The van der Waals surface area contributed by atoms with E-state index in [1.807, 2.05) is 12.1 Å². The van der Waals surface area contributed by atoms with Gasteiger partial charge in [0.05, 0.1) is 4.88 Å². The van der Waals surface area contributed by atoms with Crippen LogP contribution in [0.25, 0.3) is 0 Å². The van der Waals surface area contributed by atoms with Crippen LogP contribution in [-0.4, -0.2) is 18.9 Å². The summed E-state index contributed by atoms with van der Waals surface area (Å²) in [5, 5.41) is 3.42. The Balaban J connectivity index is 2.08. The molecule has 1 fully saturated rings. The SMILES string of the molecule is CC1CC(c2ccc(C=O)s2)NCC1N. The van der Waals surface area contributed by atoms with Crippen LogP contribution in [0, 0.1) is 5.92 Å². The molecule has 3 N–H and O–H groups in total. The second-order valence-corrected chi connectivity index (χ2v) is 5.34. The second kappa shape index (κ2) is 4.43. The molecule has 1 aromatic heterocycles. The zero-order valence-corrected chi connectivity index (χ0v) is 9.59. The van der Waals surface area contributed by atoms with Gasteiger partial charge in [-0.25, -0.2) is 0 Å². The van der Waals surface area contributed by atoms with Crippen LogP contribution in [-0.2, 0) is 0 Å². The van der Waals surface area contributed by atoms with E-state index >= 15 is 0 Å². The number of carbonyl (C=O) groups excluding carboxylic acids is 1. The highest BCUT2D eigenvalue weighted by molar-refractivity contribution is 7.13. The van der Waals surface area contributed by atoms with E-state index in [0.717, 1.165) is 24.1 Å². The highest BCUT2D eigenvalue weighted by Crippen LogP contribution is 2.30. The lowest BCUT2D eigenvalue weighted by Crippen LogP contribution is -2.46. The summed E-state index contributed by atoms with van der Waals surface area (Å²) < 4.78 is 0. The number of piperidine rings is 1. The summed E-state index contributed by atoms with van der Waals surface area (Å²) in [7, 11) is 0. The molecule has 1 aliphatic heterocycles. The van der Waals surface area contributed by atoms with Gasteiger partial charge in [0.2, 0.25) is 0 Å². The Kier molecular flexibility index (Phi) is 3.19. The Bertz CT molecular complexity index is 350. The maximum Gasteiger partial charge on any atom is 0.160 e. The molecule has 0 aromatic carbocycles. The van der Waals surface area contributed by atoms with Crippen LogP contribution >= 0.6 is 11.3 Å². The van der Waals surface area contributed by atoms with Crippen LogP contribution in [0.4, 0.5) is 0 Å². The molecule has 82 valence electrons. The van der Waals surface area contributed by atoms with Gasteiger partial charge in [0.15, 0.2) is 6.29 Å². The van der Waals surface area contributed by atoms with Gasteiger partial charge < -0.3 is 11.1 Å². The Morgan fingerprint density at radius 1 is 1.60 bits per heavy atom. The van der Waals surface area contributed by atoms with Gasteiger partial charge >= 0.3 is 0 Å². The molecule has 1 saturated heterocycles. The molecule has 1 aromatic rings. The van der Waals surface area contributed by atoms with Crippen molar-refractivity contribution in [2.75, 3.05) is 6.54 Å². The van der Waals surface area contributed by atoms with Gasteiger partial charge in [-0.2, -0.15) is 0 Å². The maximum atomic E-state index is 10.6. The maximum absolute atomic E-state index is 10.6. The van der Waals surface area contributed by atoms with Crippen molar-refractivity contribution in [2.45, 2.75) is 25.4 Å². The summed E-state index contributed by atoms with van der Waals surface area (Å²) >= 11 is 1.57. The molecule has 0 saturated carbocycles. The van der Waals surface area contributed by atoms with Crippen molar-refractivity contribution >= 4 is 17.6 Å². The van der Waals surface area contributed by atoms with E-state index in [-0.39, 0.29) is 6.04 Å². The van der Waals surface area contributed by atoms with Gasteiger partial charge in [0.25, 0.3) is 0 Å². The van der Waals surface area contributed by atoms with Crippen molar-refractivity contribution in [2.24, 2.45) is 11.7 Å². The number of rotatable bonds is 2. The van der Waals surface area contributed by atoms with Crippen molar-refractivity contribution in [3.05, 3.63) is 21.9 Å². The Morgan fingerprint density at radius 2 is 2.40 bits per heavy atom. The second-order valence-electron chi connectivity index (χ2n) is 4.20. The summed E-state index contributed by atoms with van der Waals surface area (Å²) in [5.74, 6) is 0.540. The molecule has 1 aliphatic rings. The number of nitrogens with one attached hydrogen (secondary N) is 1. The predicted molar refractivity (Wildman–Crippen MR) is 62.2 cm³/mol. The molecular formula is C11H16N2OS. The van der Waals surface area contributed by atoms with E-state index in [1.165, 1.54) is 4.88 Å². The van der Waals surface area contributed by atoms with Gasteiger partial charge in [0.1, 0.15) is 0 Å². The monoisotopic (exact) mass is 224 g/mol. The molecule has 4 heteroatoms. The molecule has 3 unspecified atom stereocenters. The van der Waals surface area contributed by atoms with Crippen LogP contribution in [0.3, 0.4) is 0 Å². The van der Waals surface area contributed by atoms with E-state index in [9.17, 15) is 4.79 Å². The highest BCUT2D eigenvalue weighted by atomic mass is 32.1. The van der Waals surface area contributed by atoms with Crippen LogP contribution in [0.15, 0.2) is 12.1 Å². The lowest BCUT2D eigenvalue weighted by Gasteiger charge is -2.32. The Morgan fingerprint density at radius 3 is 3.00 bits per heavy atom. The normalized spacial score (nSPS) is 31.5. The molecule has 3 atom stereocenters. The summed E-state index contributed by atoms with van der Waals surface area (Å²) in [6, 6.07) is 4.55. The summed E-state index contributed by atoms with van der Waals surface area (Å²) in [6.45, 7) is 3.05. The molecule has 15 heavy (non-hydrogen) atoms. The van der Waals surface area contributed by atoms with Crippen molar-refractivity contribution in [1.82, 2.24) is 5.32 Å². The van der Waals surface area contributed by atoms with Gasteiger partial charge in [0, 0.05) is 23.5 Å². The first-order valence-corrected chi connectivity index (χ1v) is 6.06. The average molecular weight is 224 g/mol. The van der Waals surface area contributed by atoms with Crippen molar-refractivity contribution < 1.29 is 4.79 Å². The van der Waals surface area contributed by atoms with Gasteiger partial charge in [-0.1, -0.05) is 6.92 Å². The van der Waals surface area contributed by atoms with Gasteiger partial charge in [-0.05, 0) is 24.5 Å². The smallest absolute Gasteiger partial charge is 0.160 e. The fourth-order valence-corrected chi connectivity index (χ4v) is 2.86. The number of hydrogen-bond acceptors (Lipinski definition) is 4. The first-order chi connectivity index (χ1) is 7.20. The predicted octanol–water partition coefficient (Wildman–Crippen LogP) is 1.56. The minimum atomic E-state index is 0.256. The van der Waals surface area contributed by atoms with Gasteiger partial charge in [-0.3, -0.25) is 4.79 Å². The number of carbonyl (C=O) groups is 1. The fourth-order valence-electron chi connectivity index (χ4n) is 1.95. The van der Waals surface area contributed by atoms with Crippen LogP contribution in [0.1, 0.15) is 33.9 Å². The number of thiophene rings is 1. The van der Waals surface area contributed by atoms with E-state index in [4.69, 9.17) is 5.73 Å². The van der Waals surface area contributed by atoms with Crippen molar-refractivity contribution in [1.29, 1.82) is 0 Å². The number of aldehydes is 1. The molecule has 2 heterocycles. The number of nitrogens with two attached hydrogens (primary N) is 1. The molecule has 0 radical (unpaired) electrons. The van der Waals surface area contributed by atoms with Crippen LogP contribution in [0.5, 0.6) is 0 Å². The minimum absolute atomic E-state index is 0.256. The Labute approximate surface area is 93.7 Å². The third kappa shape index (κ3) is 2.27. The average Bonchev–Trinajstić information content (AvgIpc) is 2.70. The van der Waals surface area contributed by atoms with E-state index < -0.39 is 0 Å². The molecule has 0 amide bonds. The quantitative estimate of drug-likeness (QED) is 0.750. The largest absolute Gasteiger partial charge is 0.326 e. The molecule has 0 aliphatic carbocycles. The summed E-state index contributed by atoms with van der Waals surface area (Å²) in [4.78, 5) is 12.6. The van der Waals surface area contributed by atoms with E-state index in [2.05, 4.69) is 12.2 Å². The highest BCUT2D eigenvalue weighted by Gasteiger charge is 2.26. The zero-order chi connectivity index (χ0) is 10.8. The van der Waals surface area contributed by atoms with E-state index in [1.54, 1.807) is 11.3 Å². The van der Waals surface area contributed by atoms with Crippen LogP contribution in [0.2, 0.25) is 0 Å². The minimum Gasteiger partial charge on any atom is -0.326 e. The molecular weight excluding hydrogens is 208 g/mol. The topological polar surface area (TPSA) is 55.1 Å². The van der Waals surface area contributed by atoms with E-state index in [0.29, 0.717) is 12.0 Å². The number of hydrogen-bond donors (Lipinski definition) is 2. The molecule has 0 bridgehead atoms.